The molecule has 0 bridgehead atoms. The van der Waals surface area contributed by atoms with Gasteiger partial charge in [0, 0.05) is 17.7 Å². The molecule has 0 aliphatic rings. The molecule has 0 heterocycles. The van der Waals surface area contributed by atoms with Crippen molar-refractivity contribution in [3.63, 3.8) is 0 Å². The molecule has 1 N–H and O–H groups in total. The lowest BCUT2D eigenvalue weighted by atomic mass is 9.92. The molecule has 0 fully saturated rings. The molecule has 26 heavy (non-hydrogen) atoms. The minimum Gasteiger partial charge on any atom is -0.497 e. The van der Waals surface area contributed by atoms with Crippen LogP contribution < -0.4 is 14.8 Å². The summed E-state index contributed by atoms with van der Waals surface area (Å²) >= 11 is 0. The maximum Gasteiger partial charge on any atom is 0.412 e. The Morgan fingerprint density at radius 2 is 1.46 bits per heavy atom. The first kappa shape index (κ1) is 19.6. The third-order valence-electron chi connectivity index (χ3n) is 3.93. The second-order valence-corrected chi connectivity index (χ2v) is 7.12. The van der Waals surface area contributed by atoms with Crippen LogP contribution in [0.4, 0.5) is 10.5 Å². The van der Waals surface area contributed by atoms with Crippen LogP contribution in [0.3, 0.4) is 0 Å². The Kier molecular flexibility index (Phi) is 6.14. The molecule has 0 radical (unpaired) electrons. The Labute approximate surface area is 155 Å². The standard InChI is InChI=1S/C21H27NO4/c1-14(16-11-18(24-5)13-19(12-16)25-6)15-7-9-17(10-8-15)22-20(23)26-21(2,3)4/h7-14H,1-6H3,(H,22,23). The van der Waals surface area contributed by atoms with Gasteiger partial charge in [-0.25, -0.2) is 4.79 Å². The first-order chi connectivity index (χ1) is 12.2. The van der Waals surface area contributed by atoms with E-state index in [1.165, 1.54) is 0 Å². The molecule has 0 saturated heterocycles. The highest BCUT2D eigenvalue weighted by molar-refractivity contribution is 5.84. The minimum atomic E-state index is -0.524. The van der Waals surface area contributed by atoms with Crippen LogP contribution in [0.15, 0.2) is 42.5 Å². The minimum absolute atomic E-state index is 0.148. The van der Waals surface area contributed by atoms with E-state index < -0.39 is 11.7 Å². The van der Waals surface area contributed by atoms with Crippen molar-refractivity contribution in [1.29, 1.82) is 0 Å². The number of rotatable bonds is 5. The molecule has 0 saturated carbocycles. The summed E-state index contributed by atoms with van der Waals surface area (Å²) in [5, 5.41) is 2.74. The van der Waals surface area contributed by atoms with Gasteiger partial charge in [0.1, 0.15) is 17.1 Å². The highest BCUT2D eigenvalue weighted by Gasteiger charge is 2.16. The maximum absolute atomic E-state index is 11.8. The molecule has 0 spiro atoms. The Morgan fingerprint density at radius 3 is 1.92 bits per heavy atom. The molecule has 1 unspecified atom stereocenters. The fourth-order valence-corrected chi connectivity index (χ4v) is 2.55. The third kappa shape index (κ3) is 5.41. The van der Waals surface area contributed by atoms with Gasteiger partial charge in [0.2, 0.25) is 0 Å². The summed E-state index contributed by atoms with van der Waals surface area (Å²) in [5.74, 6) is 1.67. The summed E-state index contributed by atoms with van der Waals surface area (Å²) in [6, 6.07) is 13.6. The van der Waals surface area contributed by atoms with Crippen LogP contribution in [0.25, 0.3) is 0 Å². The fraction of sp³-hybridized carbons (Fsp3) is 0.381. The number of nitrogens with one attached hydrogen (secondary N) is 1. The lowest BCUT2D eigenvalue weighted by molar-refractivity contribution is 0.0636. The largest absolute Gasteiger partial charge is 0.497 e. The summed E-state index contributed by atoms with van der Waals surface area (Å²) in [6.45, 7) is 7.61. The second kappa shape index (κ2) is 8.13. The second-order valence-electron chi connectivity index (χ2n) is 7.12. The van der Waals surface area contributed by atoms with Gasteiger partial charge in [-0.15, -0.1) is 0 Å². The van der Waals surface area contributed by atoms with Crippen LogP contribution in [-0.4, -0.2) is 25.9 Å². The highest BCUT2D eigenvalue weighted by Crippen LogP contribution is 2.31. The molecule has 0 aliphatic carbocycles. The molecule has 0 aromatic heterocycles. The quantitative estimate of drug-likeness (QED) is 0.799. The number of hydrogen-bond acceptors (Lipinski definition) is 4. The molecular weight excluding hydrogens is 330 g/mol. The average molecular weight is 357 g/mol. The molecular formula is C21H27NO4. The Bertz CT molecular complexity index is 725. The lowest BCUT2D eigenvalue weighted by Crippen LogP contribution is -2.27. The monoisotopic (exact) mass is 357 g/mol. The van der Waals surface area contributed by atoms with Gasteiger partial charge in [0.25, 0.3) is 0 Å². The summed E-state index contributed by atoms with van der Waals surface area (Å²) in [7, 11) is 3.28. The Hall–Kier alpha value is -2.69. The molecule has 5 nitrogen and oxygen atoms in total. The molecule has 0 aliphatic heterocycles. The van der Waals surface area contributed by atoms with Crippen molar-refractivity contribution >= 4 is 11.8 Å². The molecule has 1 atom stereocenters. The normalized spacial score (nSPS) is 12.2. The zero-order valence-corrected chi connectivity index (χ0v) is 16.3. The van der Waals surface area contributed by atoms with Crippen molar-refractivity contribution in [1.82, 2.24) is 0 Å². The number of hydrogen-bond donors (Lipinski definition) is 1. The highest BCUT2D eigenvalue weighted by atomic mass is 16.6. The van der Waals surface area contributed by atoms with E-state index in [9.17, 15) is 4.79 Å². The first-order valence-corrected chi connectivity index (χ1v) is 8.55. The zero-order valence-electron chi connectivity index (χ0n) is 16.3. The van der Waals surface area contributed by atoms with E-state index in [0.717, 1.165) is 22.6 Å². The molecule has 140 valence electrons. The fourth-order valence-electron chi connectivity index (χ4n) is 2.55. The topological polar surface area (TPSA) is 56.8 Å². The number of anilines is 1. The van der Waals surface area contributed by atoms with Gasteiger partial charge in [-0.2, -0.15) is 0 Å². The van der Waals surface area contributed by atoms with E-state index in [0.29, 0.717) is 5.69 Å². The van der Waals surface area contributed by atoms with Gasteiger partial charge in [0.05, 0.1) is 14.2 Å². The van der Waals surface area contributed by atoms with Crippen LogP contribution in [0.1, 0.15) is 44.7 Å². The molecule has 2 aromatic carbocycles. The van der Waals surface area contributed by atoms with Gasteiger partial charge in [0.15, 0.2) is 0 Å². The van der Waals surface area contributed by atoms with E-state index >= 15 is 0 Å². The van der Waals surface area contributed by atoms with Crippen molar-refractivity contribution < 1.29 is 19.0 Å². The molecule has 1 amide bonds. The number of carbonyl (C=O) groups excluding carboxylic acids is 1. The number of benzene rings is 2. The maximum atomic E-state index is 11.8. The number of methoxy groups -OCH3 is 2. The lowest BCUT2D eigenvalue weighted by Gasteiger charge is -2.20. The third-order valence-corrected chi connectivity index (χ3v) is 3.93. The van der Waals surface area contributed by atoms with Gasteiger partial charge in [-0.3, -0.25) is 5.32 Å². The smallest absolute Gasteiger partial charge is 0.412 e. The van der Waals surface area contributed by atoms with Crippen LogP contribution >= 0.6 is 0 Å². The van der Waals surface area contributed by atoms with Crippen LogP contribution in [-0.2, 0) is 4.74 Å². The van der Waals surface area contributed by atoms with Crippen molar-refractivity contribution in [3.05, 3.63) is 53.6 Å². The average Bonchev–Trinajstić information content (AvgIpc) is 2.59. The van der Waals surface area contributed by atoms with Gasteiger partial charge < -0.3 is 14.2 Å². The summed E-state index contributed by atoms with van der Waals surface area (Å²) in [5.41, 5.74) is 2.38. The molecule has 2 aromatic rings. The van der Waals surface area contributed by atoms with Crippen LogP contribution in [0.5, 0.6) is 11.5 Å². The molecule has 2 rings (SSSR count). The Balaban J connectivity index is 2.14. The van der Waals surface area contributed by atoms with Gasteiger partial charge in [-0.05, 0) is 56.2 Å². The zero-order chi connectivity index (χ0) is 19.3. The molecule has 5 heteroatoms. The predicted octanol–water partition coefficient (Wildman–Crippen LogP) is 5.20. The summed E-state index contributed by atoms with van der Waals surface area (Å²) < 4.78 is 16.0. The number of ether oxygens (including phenoxy) is 3. The van der Waals surface area contributed by atoms with Crippen LogP contribution in [0.2, 0.25) is 0 Å². The predicted molar refractivity (Wildman–Crippen MR) is 103 cm³/mol. The van der Waals surface area contributed by atoms with E-state index in [1.807, 2.05) is 63.2 Å². The summed E-state index contributed by atoms with van der Waals surface area (Å²) in [6.07, 6.45) is -0.462. The van der Waals surface area contributed by atoms with Gasteiger partial charge in [-0.1, -0.05) is 19.1 Å². The summed E-state index contributed by atoms with van der Waals surface area (Å²) in [4.78, 5) is 11.8. The number of amides is 1. The van der Waals surface area contributed by atoms with E-state index in [1.54, 1.807) is 14.2 Å². The first-order valence-electron chi connectivity index (χ1n) is 8.55. The van der Waals surface area contributed by atoms with Crippen molar-refractivity contribution in [2.24, 2.45) is 0 Å². The van der Waals surface area contributed by atoms with E-state index in [2.05, 4.69) is 12.2 Å². The SMILES string of the molecule is COc1cc(OC)cc(C(C)c2ccc(NC(=O)OC(C)(C)C)cc2)c1. The number of carbonyl (C=O) groups is 1. The van der Waals surface area contributed by atoms with Crippen molar-refractivity contribution in [3.8, 4) is 11.5 Å². The van der Waals surface area contributed by atoms with Crippen molar-refractivity contribution in [2.75, 3.05) is 19.5 Å². The van der Waals surface area contributed by atoms with E-state index in [-0.39, 0.29) is 5.92 Å². The van der Waals surface area contributed by atoms with Gasteiger partial charge >= 0.3 is 6.09 Å². The van der Waals surface area contributed by atoms with Crippen molar-refractivity contribution in [2.45, 2.75) is 39.2 Å². The Morgan fingerprint density at radius 1 is 0.923 bits per heavy atom. The van der Waals surface area contributed by atoms with Crippen LogP contribution in [0, 0.1) is 0 Å². The van der Waals surface area contributed by atoms with E-state index in [4.69, 9.17) is 14.2 Å².